The second-order valence-corrected chi connectivity index (χ2v) is 10.3. The Morgan fingerprint density at radius 1 is 0.700 bits per heavy atom. The molecule has 3 rings (SSSR count). The van der Waals surface area contributed by atoms with Crippen LogP contribution in [0.15, 0.2) is 53.3 Å². The molecule has 0 spiro atoms. The minimum Gasteiger partial charge on any atom is -0.355 e. The summed E-state index contributed by atoms with van der Waals surface area (Å²) in [6.07, 6.45) is 7.40. The molecule has 2 heterocycles. The smallest absolute Gasteiger partial charge is 0.251 e. The quantitative estimate of drug-likeness (QED) is 0.559. The van der Waals surface area contributed by atoms with E-state index in [1.54, 1.807) is 18.2 Å². The van der Waals surface area contributed by atoms with Crippen molar-refractivity contribution in [2.24, 2.45) is 0 Å². The topological polar surface area (TPSA) is 149 Å². The predicted octanol–water partition coefficient (Wildman–Crippen LogP) is 0.767. The molecule has 0 unspecified atom stereocenters. The fraction of sp³-hybridized carbons (Fsp3) is 0.167. The summed E-state index contributed by atoms with van der Waals surface area (Å²) >= 11 is 0. The van der Waals surface area contributed by atoms with Crippen LogP contribution in [0.2, 0.25) is 0 Å². The first-order valence-corrected chi connectivity index (χ1v) is 12.2. The van der Waals surface area contributed by atoms with E-state index in [-0.39, 0.29) is 16.2 Å². The zero-order chi connectivity index (χ0) is 22.1. The average molecular weight is 447 g/mol. The zero-order valence-electron chi connectivity index (χ0n) is 16.2. The SMILES string of the molecule is CNC(=O)c1cc(-c2cnc(S(C)(=O)=O)nc2)cc(-c2cnc(S(C)(=O)=O)nc2)c1. The van der Waals surface area contributed by atoms with Gasteiger partial charge in [-0.25, -0.2) is 36.8 Å². The maximum atomic E-state index is 12.2. The number of hydrogen-bond acceptors (Lipinski definition) is 9. The number of aromatic nitrogens is 4. The fourth-order valence-electron chi connectivity index (χ4n) is 2.55. The fourth-order valence-corrected chi connectivity index (χ4v) is 3.53. The van der Waals surface area contributed by atoms with Crippen molar-refractivity contribution in [1.29, 1.82) is 0 Å². The lowest BCUT2D eigenvalue weighted by Crippen LogP contribution is -2.17. The summed E-state index contributed by atoms with van der Waals surface area (Å²) in [6.45, 7) is 0. The Bertz CT molecular complexity index is 1230. The van der Waals surface area contributed by atoms with Crippen LogP contribution in [-0.2, 0) is 19.7 Å². The number of rotatable bonds is 5. The van der Waals surface area contributed by atoms with Crippen LogP contribution in [0.4, 0.5) is 0 Å². The molecule has 12 heteroatoms. The van der Waals surface area contributed by atoms with E-state index in [1.165, 1.54) is 31.8 Å². The number of carbonyl (C=O) groups is 1. The van der Waals surface area contributed by atoms with E-state index in [0.717, 1.165) is 12.5 Å². The van der Waals surface area contributed by atoms with E-state index in [4.69, 9.17) is 0 Å². The van der Waals surface area contributed by atoms with Crippen molar-refractivity contribution in [2.45, 2.75) is 10.3 Å². The number of sulfone groups is 2. The second-order valence-electron chi connectivity index (χ2n) is 6.43. The Balaban J connectivity index is 2.12. The average Bonchev–Trinajstić information content (AvgIpc) is 2.71. The van der Waals surface area contributed by atoms with E-state index < -0.39 is 19.7 Å². The molecule has 0 fully saturated rings. The number of amides is 1. The highest BCUT2D eigenvalue weighted by atomic mass is 32.2. The van der Waals surface area contributed by atoms with Gasteiger partial charge in [0.2, 0.25) is 30.0 Å². The Morgan fingerprint density at radius 3 is 1.37 bits per heavy atom. The Morgan fingerprint density at radius 2 is 1.07 bits per heavy atom. The lowest BCUT2D eigenvalue weighted by molar-refractivity contribution is 0.0963. The van der Waals surface area contributed by atoms with Gasteiger partial charge in [-0.1, -0.05) is 0 Å². The third-order valence-corrected chi connectivity index (χ3v) is 5.76. The molecule has 156 valence electrons. The summed E-state index contributed by atoms with van der Waals surface area (Å²) in [5.74, 6) is -0.347. The maximum Gasteiger partial charge on any atom is 0.251 e. The molecule has 0 saturated heterocycles. The first-order chi connectivity index (χ1) is 14.0. The van der Waals surface area contributed by atoms with Gasteiger partial charge in [0.05, 0.1) is 0 Å². The molecular formula is C18H17N5O5S2. The highest BCUT2D eigenvalue weighted by Gasteiger charge is 2.15. The lowest BCUT2D eigenvalue weighted by atomic mass is 9.98. The van der Waals surface area contributed by atoms with Crippen LogP contribution in [0.25, 0.3) is 22.3 Å². The van der Waals surface area contributed by atoms with Crippen LogP contribution in [0.3, 0.4) is 0 Å². The van der Waals surface area contributed by atoms with Crippen LogP contribution in [0.5, 0.6) is 0 Å². The van der Waals surface area contributed by atoms with E-state index in [1.807, 2.05) is 0 Å². The van der Waals surface area contributed by atoms with Crippen LogP contribution < -0.4 is 5.32 Å². The van der Waals surface area contributed by atoms with Gasteiger partial charge in [-0.2, -0.15) is 0 Å². The number of hydrogen-bond donors (Lipinski definition) is 1. The van der Waals surface area contributed by atoms with Crippen LogP contribution >= 0.6 is 0 Å². The van der Waals surface area contributed by atoms with Crippen molar-refractivity contribution in [3.05, 3.63) is 48.5 Å². The third kappa shape index (κ3) is 4.66. The highest BCUT2D eigenvalue weighted by Crippen LogP contribution is 2.28. The summed E-state index contributed by atoms with van der Waals surface area (Å²) in [6, 6.07) is 4.92. The number of nitrogens with zero attached hydrogens (tertiary/aromatic N) is 4. The van der Waals surface area contributed by atoms with E-state index in [9.17, 15) is 21.6 Å². The molecule has 3 aromatic rings. The largest absolute Gasteiger partial charge is 0.355 e. The minimum absolute atomic E-state index is 0.307. The summed E-state index contributed by atoms with van der Waals surface area (Å²) in [5, 5.41) is 1.92. The van der Waals surface area contributed by atoms with Gasteiger partial charge in [0.1, 0.15) is 0 Å². The van der Waals surface area contributed by atoms with Gasteiger partial charge in [-0.15, -0.1) is 0 Å². The van der Waals surface area contributed by atoms with Crippen molar-refractivity contribution < 1.29 is 21.6 Å². The molecule has 0 aliphatic rings. The van der Waals surface area contributed by atoms with E-state index in [2.05, 4.69) is 25.3 Å². The van der Waals surface area contributed by atoms with Crippen molar-refractivity contribution in [2.75, 3.05) is 19.6 Å². The first-order valence-electron chi connectivity index (χ1n) is 8.41. The molecule has 30 heavy (non-hydrogen) atoms. The molecule has 1 N–H and O–H groups in total. The Kier molecular flexibility index (Phi) is 5.63. The number of nitrogens with one attached hydrogen (secondary N) is 1. The van der Waals surface area contributed by atoms with Crippen LogP contribution in [0, 0.1) is 0 Å². The minimum atomic E-state index is -3.55. The molecule has 10 nitrogen and oxygen atoms in total. The van der Waals surface area contributed by atoms with Gasteiger partial charge in [0.15, 0.2) is 0 Å². The van der Waals surface area contributed by atoms with Gasteiger partial charge < -0.3 is 5.32 Å². The molecule has 1 aromatic carbocycles. The summed E-state index contributed by atoms with van der Waals surface area (Å²) in [5.41, 5.74) is 2.41. The Hall–Kier alpha value is -3.25. The van der Waals surface area contributed by atoms with Crippen LogP contribution in [0.1, 0.15) is 10.4 Å². The summed E-state index contributed by atoms with van der Waals surface area (Å²) in [7, 11) is -5.60. The monoisotopic (exact) mass is 447 g/mol. The molecule has 0 radical (unpaired) electrons. The van der Waals surface area contributed by atoms with Crippen molar-refractivity contribution >= 4 is 25.6 Å². The molecule has 0 aliphatic heterocycles. The molecule has 0 atom stereocenters. The standard InChI is InChI=1S/C18H17N5O5S2/c1-19-16(24)13-5-11(14-7-20-17(21-8-14)29(2,25)26)4-12(6-13)15-9-22-18(23-10-15)30(3,27)28/h4-10H,1-3H3,(H,19,24). The first kappa shape index (κ1) is 21.5. The van der Waals surface area contributed by atoms with E-state index in [0.29, 0.717) is 27.8 Å². The summed E-state index contributed by atoms with van der Waals surface area (Å²) in [4.78, 5) is 27.7. The van der Waals surface area contributed by atoms with Crippen LogP contribution in [-0.4, -0.2) is 62.2 Å². The number of carbonyl (C=O) groups excluding carboxylic acids is 1. The van der Waals surface area contributed by atoms with Gasteiger partial charge in [-0.3, -0.25) is 4.79 Å². The van der Waals surface area contributed by atoms with Gasteiger partial charge in [0.25, 0.3) is 5.91 Å². The van der Waals surface area contributed by atoms with E-state index >= 15 is 0 Å². The molecule has 0 saturated carbocycles. The summed E-state index contributed by atoms with van der Waals surface area (Å²) < 4.78 is 46.3. The van der Waals surface area contributed by atoms with Gasteiger partial charge in [0, 0.05) is 61.0 Å². The molecular weight excluding hydrogens is 430 g/mol. The molecule has 0 aliphatic carbocycles. The normalized spacial score (nSPS) is 11.8. The second kappa shape index (κ2) is 7.88. The molecule has 0 bridgehead atoms. The van der Waals surface area contributed by atoms with Crippen molar-refractivity contribution in [1.82, 2.24) is 25.3 Å². The third-order valence-electron chi connectivity index (χ3n) is 4.01. The Labute approximate surface area is 173 Å². The lowest BCUT2D eigenvalue weighted by Gasteiger charge is -2.10. The predicted molar refractivity (Wildman–Crippen MR) is 108 cm³/mol. The molecule has 2 aromatic heterocycles. The zero-order valence-corrected chi connectivity index (χ0v) is 17.8. The van der Waals surface area contributed by atoms with Crippen molar-refractivity contribution in [3.8, 4) is 22.3 Å². The van der Waals surface area contributed by atoms with Gasteiger partial charge in [-0.05, 0) is 29.3 Å². The van der Waals surface area contributed by atoms with Gasteiger partial charge >= 0.3 is 0 Å². The highest BCUT2D eigenvalue weighted by molar-refractivity contribution is 7.90. The number of benzene rings is 1. The molecule has 1 amide bonds. The van der Waals surface area contributed by atoms with Crippen molar-refractivity contribution in [3.63, 3.8) is 0 Å². The maximum absolute atomic E-state index is 12.2.